The standard InChI is InChI=1S/C12H17FN2S2/c1-8(7-17-3)15(2)9-4-5-10(12(14)16)11(13)6-9/h4-6,8H,7H2,1-3H3,(H2,14,16). The summed E-state index contributed by atoms with van der Waals surface area (Å²) in [4.78, 5) is 2.14. The quantitative estimate of drug-likeness (QED) is 0.835. The monoisotopic (exact) mass is 272 g/mol. The van der Waals surface area contributed by atoms with Gasteiger partial charge in [0.1, 0.15) is 10.8 Å². The normalized spacial score (nSPS) is 12.2. The average molecular weight is 272 g/mol. The van der Waals surface area contributed by atoms with E-state index in [-0.39, 0.29) is 10.8 Å². The number of thioether (sulfide) groups is 1. The fourth-order valence-electron chi connectivity index (χ4n) is 1.53. The maximum absolute atomic E-state index is 13.7. The Hall–Kier alpha value is -0.810. The molecule has 0 radical (unpaired) electrons. The molecule has 0 aliphatic rings. The number of hydrogen-bond donors (Lipinski definition) is 1. The van der Waals surface area contributed by atoms with E-state index >= 15 is 0 Å². The van der Waals surface area contributed by atoms with Crippen LogP contribution < -0.4 is 10.6 Å². The van der Waals surface area contributed by atoms with E-state index in [2.05, 4.69) is 13.2 Å². The molecule has 0 aliphatic carbocycles. The van der Waals surface area contributed by atoms with Crippen LogP contribution in [0.5, 0.6) is 0 Å². The van der Waals surface area contributed by atoms with Gasteiger partial charge in [-0.3, -0.25) is 0 Å². The van der Waals surface area contributed by atoms with Gasteiger partial charge in [-0.1, -0.05) is 12.2 Å². The molecule has 1 aromatic rings. The van der Waals surface area contributed by atoms with Crippen molar-refractivity contribution in [3.63, 3.8) is 0 Å². The number of anilines is 1. The summed E-state index contributed by atoms with van der Waals surface area (Å²) in [5.41, 5.74) is 6.56. The van der Waals surface area contributed by atoms with E-state index in [0.29, 0.717) is 11.6 Å². The van der Waals surface area contributed by atoms with Gasteiger partial charge in [0.2, 0.25) is 0 Å². The van der Waals surface area contributed by atoms with Gasteiger partial charge in [0, 0.05) is 30.1 Å². The second kappa shape index (κ2) is 6.21. The number of halogens is 1. The molecule has 0 heterocycles. The molecule has 0 aliphatic heterocycles. The molecule has 0 aromatic heterocycles. The third kappa shape index (κ3) is 3.57. The molecule has 0 spiro atoms. The Labute approximate surface area is 111 Å². The first-order valence-electron chi connectivity index (χ1n) is 5.28. The molecule has 94 valence electrons. The molecule has 0 fully saturated rings. The van der Waals surface area contributed by atoms with Crippen LogP contribution in [0.25, 0.3) is 0 Å². The highest BCUT2D eigenvalue weighted by atomic mass is 32.2. The van der Waals surface area contributed by atoms with Crippen molar-refractivity contribution in [2.24, 2.45) is 5.73 Å². The summed E-state index contributed by atoms with van der Waals surface area (Å²) >= 11 is 6.54. The van der Waals surface area contributed by atoms with Gasteiger partial charge in [-0.05, 0) is 31.4 Å². The molecular weight excluding hydrogens is 255 g/mol. The van der Waals surface area contributed by atoms with Gasteiger partial charge in [-0.15, -0.1) is 0 Å². The summed E-state index contributed by atoms with van der Waals surface area (Å²) in [7, 11) is 1.95. The molecule has 0 saturated heterocycles. The Morgan fingerprint density at radius 1 is 1.59 bits per heavy atom. The Bertz CT molecular complexity index is 409. The van der Waals surface area contributed by atoms with Crippen molar-refractivity contribution >= 4 is 34.7 Å². The minimum Gasteiger partial charge on any atom is -0.389 e. The Balaban J connectivity index is 2.93. The SMILES string of the molecule is CSCC(C)N(C)c1ccc(C(N)=S)c(F)c1. The van der Waals surface area contributed by atoms with E-state index < -0.39 is 0 Å². The van der Waals surface area contributed by atoms with E-state index in [1.807, 2.05) is 18.0 Å². The summed E-state index contributed by atoms with van der Waals surface area (Å²) in [6.45, 7) is 2.11. The minimum absolute atomic E-state index is 0.0915. The van der Waals surface area contributed by atoms with E-state index in [0.717, 1.165) is 11.4 Å². The van der Waals surface area contributed by atoms with Crippen molar-refractivity contribution in [3.8, 4) is 0 Å². The van der Waals surface area contributed by atoms with Gasteiger partial charge in [0.25, 0.3) is 0 Å². The Morgan fingerprint density at radius 2 is 2.24 bits per heavy atom. The van der Waals surface area contributed by atoms with Crippen LogP contribution in [0, 0.1) is 5.82 Å². The highest BCUT2D eigenvalue weighted by Crippen LogP contribution is 2.20. The first kappa shape index (κ1) is 14.3. The zero-order chi connectivity index (χ0) is 13.0. The van der Waals surface area contributed by atoms with Crippen molar-refractivity contribution in [1.82, 2.24) is 0 Å². The molecule has 1 atom stereocenters. The van der Waals surface area contributed by atoms with Crippen LogP contribution in [0.15, 0.2) is 18.2 Å². The molecule has 0 saturated carbocycles. The van der Waals surface area contributed by atoms with E-state index in [4.69, 9.17) is 18.0 Å². The molecule has 0 bridgehead atoms. The predicted octanol–water partition coefficient (Wildman–Crippen LogP) is 2.65. The van der Waals surface area contributed by atoms with Gasteiger partial charge in [-0.2, -0.15) is 11.8 Å². The number of thiocarbonyl (C=S) groups is 1. The molecule has 5 heteroatoms. The summed E-state index contributed by atoms with van der Waals surface area (Å²) in [5.74, 6) is 0.632. The van der Waals surface area contributed by atoms with E-state index in [1.165, 1.54) is 6.07 Å². The first-order chi connectivity index (χ1) is 7.97. The van der Waals surface area contributed by atoms with Gasteiger partial charge in [0.05, 0.1) is 0 Å². The number of benzene rings is 1. The predicted molar refractivity (Wildman–Crippen MR) is 78.5 cm³/mol. The lowest BCUT2D eigenvalue weighted by Crippen LogP contribution is -2.31. The van der Waals surface area contributed by atoms with Gasteiger partial charge in [0.15, 0.2) is 0 Å². The second-order valence-corrected chi connectivity index (χ2v) is 5.29. The maximum Gasteiger partial charge on any atom is 0.135 e. The highest BCUT2D eigenvalue weighted by molar-refractivity contribution is 7.98. The van der Waals surface area contributed by atoms with Crippen LogP contribution in [-0.2, 0) is 0 Å². The summed E-state index contributed by atoms with van der Waals surface area (Å²) in [6.07, 6.45) is 2.06. The summed E-state index contributed by atoms with van der Waals surface area (Å²) in [6, 6.07) is 5.30. The summed E-state index contributed by atoms with van der Waals surface area (Å²) in [5, 5.41) is 0. The third-order valence-corrected chi connectivity index (χ3v) is 3.73. The van der Waals surface area contributed by atoms with E-state index in [1.54, 1.807) is 17.8 Å². The fourth-order valence-corrected chi connectivity index (χ4v) is 2.40. The zero-order valence-corrected chi connectivity index (χ0v) is 11.9. The Kier molecular flexibility index (Phi) is 5.21. The molecule has 1 unspecified atom stereocenters. The van der Waals surface area contributed by atoms with Gasteiger partial charge >= 0.3 is 0 Å². The molecule has 2 N–H and O–H groups in total. The van der Waals surface area contributed by atoms with Gasteiger partial charge in [-0.25, -0.2) is 4.39 Å². The molecular formula is C12H17FN2S2. The number of rotatable bonds is 5. The van der Waals surface area contributed by atoms with Crippen LogP contribution in [-0.4, -0.2) is 30.1 Å². The lowest BCUT2D eigenvalue weighted by atomic mass is 10.1. The topological polar surface area (TPSA) is 29.3 Å². The van der Waals surface area contributed by atoms with Crippen LogP contribution in [0.3, 0.4) is 0 Å². The second-order valence-electron chi connectivity index (χ2n) is 3.94. The van der Waals surface area contributed by atoms with Crippen LogP contribution >= 0.6 is 24.0 Å². The zero-order valence-electron chi connectivity index (χ0n) is 10.2. The van der Waals surface area contributed by atoms with Gasteiger partial charge < -0.3 is 10.6 Å². The minimum atomic E-state index is -0.363. The number of hydrogen-bond acceptors (Lipinski definition) is 3. The van der Waals surface area contributed by atoms with Crippen molar-refractivity contribution in [3.05, 3.63) is 29.6 Å². The van der Waals surface area contributed by atoms with Crippen LogP contribution in [0.4, 0.5) is 10.1 Å². The van der Waals surface area contributed by atoms with E-state index in [9.17, 15) is 4.39 Å². The molecule has 2 nitrogen and oxygen atoms in total. The van der Waals surface area contributed by atoms with Crippen molar-refractivity contribution in [2.45, 2.75) is 13.0 Å². The molecule has 17 heavy (non-hydrogen) atoms. The van der Waals surface area contributed by atoms with Crippen molar-refractivity contribution in [2.75, 3.05) is 24.0 Å². The number of nitrogens with two attached hydrogens (primary N) is 1. The lowest BCUT2D eigenvalue weighted by molar-refractivity contribution is 0.623. The number of nitrogens with zero attached hydrogens (tertiary/aromatic N) is 1. The smallest absolute Gasteiger partial charge is 0.135 e. The Morgan fingerprint density at radius 3 is 2.71 bits per heavy atom. The van der Waals surface area contributed by atoms with Crippen LogP contribution in [0.2, 0.25) is 0 Å². The molecule has 1 rings (SSSR count). The van der Waals surface area contributed by atoms with Crippen molar-refractivity contribution in [1.29, 1.82) is 0 Å². The maximum atomic E-state index is 13.7. The summed E-state index contributed by atoms with van der Waals surface area (Å²) < 4.78 is 13.7. The largest absolute Gasteiger partial charge is 0.389 e. The first-order valence-corrected chi connectivity index (χ1v) is 7.08. The van der Waals surface area contributed by atoms with Crippen molar-refractivity contribution < 1.29 is 4.39 Å². The molecule has 0 amide bonds. The third-order valence-electron chi connectivity index (χ3n) is 2.69. The molecule has 1 aromatic carbocycles. The van der Waals surface area contributed by atoms with Crippen LogP contribution in [0.1, 0.15) is 12.5 Å². The average Bonchev–Trinajstić information content (AvgIpc) is 2.27. The highest BCUT2D eigenvalue weighted by Gasteiger charge is 2.12. The fraction of sp³-hybridized carbons (Fsp3) is 0.417. The lowest BCUT2D eigenvalue weighted by Gasteiger charge is -2.26.